The summed E-state index contributed by atoms with van der Waals surface area (Å²) in [6, 6.07) is 62.6. The van der Waals surface area contributed by atoms with Crippen molar-refractivity contribution in [2.24, 2.45) is 0 Å². The predicted molar refractivity (Wildman–Crippen MR) is 262 cm³/mol. The Balaban J connectivity index is 1.34. The van der Waals surface area contributed by atoms with Crippen LogP contribution in [0.25, 0.3) is 71.3 Å². The zero-order valence-electron chi connectivity index (χ0n) is 35.6. The zero-order valence-corrected chi connectivity index (χ0v) is 35.6. The Kier molecular flexibility index (Phi) is 6.83. The molecule has 0 amide bonds. The third-order valence-corrected chi connectivity index (χ3v) is 14.5. The van der Waals surface area contributed by atoms with Gasteiger partial charge in [0.1, 0.15) is 0 Å². The Labute approximate surface area is 357 Å². The van der Waals surface area contributed by atoms with E-state index < -0.39 is 0 Å². The fourth-order valence-corrected chi connectivity index (χ4v) is 11.8. The van der Waals surface area contributed by atoms with E-state index >= 15 is 0 Å². The molecule has 0 spiro atoms. The van der Waals surface area contributed by atoms with E-state index in [-0.39, 0.29) is 17.5 Å². The highest BCUT2D eigenvalue weighted by Gasteiger charge is 2.48. The van der Waals surface area contributed by atoms with E-state index in [0.29, 0.717) is 0 Å². The largest absolute Gasteiger partial charge is 0.311 e. The summed E-state index contributed by atoms with van der Waals surface area (Å²) in [5, 5.41) is 7.83. The van der Waals surface area contributed by atoms with Crippen LogP contribution in [0.2, 0.25) is 0 Å². The maximum atomic E-state index is 2.68. The number of nitrogens with zero attached hydrogens (tertiary/aromatic N) is 2. The number of aryl methyl sites for hydroxylation is 1. The maximum absolute atomic E-state index is 2.68. The minimum absolute atomic E-state index is 0.0253. The van der Waals surface area contributed by atoms with Gasteiger partial charge in [-0.1, -0.05) is 168 Å². The third kappa shape index (κ3) is 4.48. The predicted octanol–water partition coefficient (Wildman–Crippen LogP) is 13.3. The summed E-state index contributed by atoms with van der Waals surface area (Å²) in [5.41, 5.74) is 22.2. The number of fused-ring (bicyclic) bond motifs is 12. The number of hydrogen-bond acceptors (Lipinski definition) is 1. The van der Waals surface area contributed by atoms with Crippen LogP contribution in [-0.4, -0.2) is 11.3 Å². The van der Waals surface area contributed by atoms with Crippen LogP contribution in [0.15, 0.2) is 164 Å². The molecule has 290 valence electrons. The number of anilines is 3. The van der Waals surface area contributed by atoms with Crippen molar-refractivity contribution >= 4 is 83.5 Å². The van der Waals surface area contributed by atoms with E-state index in [2.05, 4.69) is 215 Å². The number of hydrogen-bond donors (Lipinski definition) is 0. The summed E-state index contributed by atoms with van der Waals surface area (Å²) in [4.78, 5) is 2.66. The lowest BCUT2D eigenvalue weighted by Gasteiger charge is -2.48. The average Bonchev–Trinajstić information content (AvgIpc) is 3.59. The van der Waals surface area contributed by atoms with Crippen LogP contribution in [0.4, 0.5) is 17.1 Å². The Morgan fingerprint density at radius 2 is 1.15 bits per heavy atom. The summed E-state index contributed by atoms with van der Waals surface area (Å²) in [6.07, 6.45) is 0. The van der Waals surface area contributed by atoms with Crippen molar-refractivity contribution in [1.29, 1.82) is 0 Å². The minimum Gasteiger partial charge on any atom is -0.311 e. The molecule has 0 saturated heterocycles. The van der Waals surface area contributed by atoms with E-state index in [1.807, 2.05) is 0 Å². The third-order valence-electron chi connectivity index (χ3n) is 14.5. The molecule has 0 fully saturated rings. The molecule has 0 atom stereocenters. The molecule has 2 nitrogen and oxygen atoms in total. The molecule has 4 heterocycles. The lowest BCUT2D eigenvalue weighted by molar-refractivity contribution is 0.590. The molecule has 0 saturated carbocycles. The Hall–Kier alpha value is -6.84. The van der Waals surface area contributed by atoms with Crippen LogP contribution >= 0.6 is 0 Å². The second-order valence-electron chi connectivity index (χ2n) is 19.3. The first-order valence-electron chi connectivity index (χ1n) is 21.9. The highest BCUT2D eigenvalue weighted by molar-refractivity contribution is 7.02. The van der Waals surface area contributed by atoms with E-state index in [1.54, 1.807) is 0 Å². The number of rotatable bonds is 2. The standard InChI is InChI=1S/C58H45BN2/c1-34-28-29-38-41-33-42-50(35-18-9-7-10-19-35)39-22-13-14-23-40(39)51(36-20-11-8-12-21-36)52(42)54-55(41)61(47(38)30-34)49-32-37(57(2,3)4)31-48-53(49)59(54)45-26-17-25-44-56(45)60(48)46-27-16-15-24-43(46)58(44,5)6/h7-33H,1-6H3. The fourth-order valence-electron chi connectivity index (χ4n) is 11.8. The quantitative estimate of drug-likeness (QED) is 0.125. The van der Waals surface area contributed by atoms with Crippen molar-refractivity contribution in [2.75, 3.05) is 4.90 Å². The maximum Gasteiger partial charge on any atom is 0.253 e. The van der Waals surface area contributed by atoms with E-state index in [0.717, 1.165) is 0 Å². The van der Waals surface area contributed by atoms with Crippen molar-refractivity contribution in [3.63, 3.8) is 0 Å². The van der Waals surface area contributed by atoms with Crippen LogP contribution in [0, 0.1) is 6.92 Å². The van der Waals surface area contributed by atoms with Gasteiger partial charge in [0.25, 0.3) is 6.71 Å². The highest BCUT2D eigenvalue weighted by Crippen LogP contribution is 2.55. The van der Waals surface area contributed by atoms with Gasteiger partial charge in [-0.05, 0) is 125 Å². The Morgan fingerprint density at radius 1 is 0.508 bits per heavy atom. The molecule has 10 aromatic rings. The molecule has 3 aliphatic rings. The molecule has 3 heteroatoms. The summed E-state index contributed by atoms with van der Waals surface area (Å²) in [7, 11) is 0. The van der Waals surface area contributed by atoms with Crippen molar-refractivity contribution in [2.45, 2.75) is 52.4 Å². The first-order valence-corrected chi connectivity index (χ1v) is 21.9. The van der Waals surface area contributed by atoms with E-state index in [1.165, 1.54) is 127 Å². The molecule has 13 rings (SSSR count). The monoisotopic (exact) mass is 780 g/mol. The van der Waals surface area contributed by atoms with Crippen LogP contribution in [0.5, 0.6) is 0 Å². The summed E-state index contributed by atoms with van der Waals surface area (Å²) in [6.45, 7) is 14.2. The van der Waals surface area contributed by atoms with Crippen LogP contribution in [-0.2, 0) is 10.8 Å². The Bertz CT molecular complexity index is 3550. The molecule has 3 aliphatic heterocycles. The van der Waals surface area contributed by atoms with Gasteiger partial charge in [0.2, 0.25) is 0 Å². The second-order valence-corrected chi connectivity index (χ2v) is 19.3. The van der Waals surface area contributed by atoms with Crippen molar-refractivity contribution in [3.8, 4) is 27.9 Å². The minimum atomic E-state index is -0.193. The molecular formula is C58H45BN2. The second kappa shape index (κ2) is 11.9. The lowest BCUT2D eigenvalue weighted by atomic mass is 9.32. The van der Waals surface area contributed by atoms with Crippen molar-refractivity contribution in [3.05, 3.63) is 186 Å². The highest BCUT2D eigenvalue weighted by atomic mass is 15.2. The number of para-hydroxylation sites is 2. The van der Waals surface area contributed by atoms with Gasteiger partial charge in [0, 0.05) is 33.2 Å². The summed E-state index contributed by atoms with van der Waals surface area (Å²) >= 11 is 0. The van der Waals surface area contributed by atoms with Gasteiger partial charge in [-0.25, -0.2) is 0 Å². The van der Waals surface area contributed by atoms with Gasteiger partial charge in [-0.2, -0.15) is 0 Å². The molecule has 0 aliphatic carbocycles. The summed E-state index contributed by atoms with van der Waals surface area (Å²) in [5.74, 6) is 0. The van der Waals surface area contributed by atoms with Crippen molar-refractivity contribution < 1.29 is 0 Å². The van der Waals surface area contributed by atoms with Gasteiger partial charge in [0.05, 0.1) is 16.7 Å². The van der Waals surface area contributed by atoms with Gasteiger partial charge >= 0.3 is 0 Å². The zero-order chi connectivity index (χ0) is 41.1. The molecular weight excluding hydrogens is 735 g/mol. The lowest BCUT2D eigenvalue weighted by Crippen LogP contribution is -2.61. The van der Waals surface area contributed by atoms with E-state index in [4.69, 9.17) is 0 Å². The molecule has 61 heavy (non-hydrogen) atoms. The molecule has 9 aromatic carbocycles. The average molecular weight is 781 g/mol. The van der Waals surface area contributed by atoms with Crippen LogP contribution in [0.1, 0.15) is 56.9 Å². The first kappa shape index (κ1) is 35.0. The van der Waals surface area contributed by atoms with Crippen LogP contribution < -0.4 is 21.3 Å². The molecule has 0 unspecified atom stereocenters. The molecule has 0 radical (unpaired) electrons. The fraction of sp³-hybridized carbons (Fsp3) is 0.138. The van der Waals surface area contributed by atoms with Crippen molar-refractivity contribution in [1.82, 2.24) is 4.57 Å². The smallest absolute Gasteiger partial charge is 0.253 e. The van der Waals surface area contributed by atoms with Gasteiger partial charge in [0.15, 0.2) is 0 Å². The Morgan fingerprint density at radius 3 is 1.89 bits per heavy atom. The van der Waals surface area contributed by atoms with Gasteiger partial charge in [-0.15, -0.1) is 0 Å². The first-order chi connectivity index (χ1) is 29.6. The van der Waals surface area contributed by atoms with Gasteiger partial charge < -0.3 is 9.47 Å². The molecule has 0 N–H and O–H groups in total. The molecule has 1 aromatic heterocycles. The SMILES string of the molecule is Cc1ccc2c3cc4c(-c5ccccc5)c5ccccc5c(-c5ccccc5)c4c4c3n(c2c1)-c1cc(C(C)(C)C)cc2c1B4c1cccc3c1N2c1ccccc1C3(C)C. The normalized spacial score (nSPS) is 14.5. The topological polar surface area (TPSA) is 8.17 Å². The number of benzene rings is 9. The summed E-state index contributed by atoms with van der Waals surface area (Å²) < 4.78 is 2.68. The van der Waals surface area contributed by atoms with Gasteiger partial charge in [-0.3, -0.25) is 0 Å². The van der Waals surface area contributed by atoms with Crippen LogP contribution in [0.3, 0.4) is 0 Å². The molecule has 0 bridgehead atoms. The number of aromatic nitrogens is 1. The van der Waals surface area contributed by atoms with E-state index in [9.17, 15) is 0 Å².